The first-order chi connectivity index (χ1) is 16.4. The van der Waals surface area contributed by atoms with Gasteiger partial charge in [0.2, 0.25) is 15.9 Å². The number of nitrogens with one attached hydrogen (secondary N) is 2. The van der Waals surface area contributed by atoms with E-state index in [9.17, 15) is 35.6 Å². The number of rotatable bonds is 5. The fraction of sp³-hybridized carbons (Fsp3) is 0.0500. The summed E-state index contributed by atoms with van der Waals surface area (Å²) in [6.45, 7) is 0. The number of imide groups is 1. The molecule has 4 N–H and O–H groups in total. The number of benzene rings is 2. The Bertz CT molecular complexity index is 1590. The van der Waals surface area contributed by atoms with Crippen molar-refractivity contribution in [1.29, 1.82) is 0 Å². The molecule has 0 aliphatic carbocycles. The molecule has 4 rings (SSSR count). The van der Waals surface area contributed by atoms with Gasteiger partial charge in [-0.15, -0.1) is 11.3 Å². The summed E-state index contributed by atoms with van der Waals surface area (Å²) in [5.74, 6) is -2.79. The maximum absolute atomic E-state index is 14.9. The summed E-state index contributed by atoms with van der Waals surface area (Å²) >= 11 is 0.896. The first kappa shape index (κ1) is 24.5. The third kappa shape index (κ3) is 4.93. The van der Waals surface area contributed by atoms with Crippen LogP contribution in [0.15, 0.2) is 63.0 Å². The summed E-state index contributed by atoms with van der Waals surface area (Å²) in [6, 6.07) is 8.09. The number of halogens is 1. The van der Waals surface area contributed by atoms with Gasteiger partial charge >= 0.3 is 6.03 Å². The highest BCUT2D eigenvalue weighted by molar-refractivity contribution is 7.92. The number of anilines is 2. The maximum Gasteiger partial charge on any atom is 0.333 e. The Kier molecular flexibility index (Phi) is 6.18. The van der Waals surface area contributed by atoms with Gasteiger partial charge in [-0.25, -0.2) is 40.8 Å². The van der Waals surface area contributed by atoms with Gasteiger partial charge in [-0.1, -0.05) is 12.1 Å². The van der Waals surface area contributed by atoms with Crippen LogP contribution in [0.3, 0.4) is 0 Å². The largest absolute Gasteiger partial charge is 0.333 e. The smallest absolute Gasteiger partial charge is 0.307 e. The lowest BCUT2D eigenvalue weighted by atomic mass is 9.98. The van der Waals surface area contributed by atoms with Crippen molar-refractivity contribution >= 4 is 60.6 Å². The molecular weight excluding hydrogens is 523 g/mol. The minimum atomic E-state index is -4.13. The van der Waals surface area contributed by atoms with E-state index in [-0.39, 0.29) is 32.3 Å². The number of nitrogens with zero attached hydrogens (tertiary/aromatic N) is 1. The van der Waals surface area contributed by atoms with Crippen molar-refractivity contribution in [2.75, 3.05) is 10.2 Å². The van der Waals surface area contributed by atoms with Gasteiger partial charge in [-0.05, 0) is 47.3 Å². The summed E-state index contributed by atoms with van der Waals surface area (Å²) in [5.41, 5.74) is -0.468. The lowest BCUT2D eigenvalue weighted by Crippen LogP contribution is -2.43. The molecule has 0 unspecified atom stereocenters. The number of nitrogens with two attached hydrogens (primary N) is 1. The van der Waals surface area contributed by atoms with Crippen molar-refractivity contribution in [3.8, 4) is 0 Å². The average molecular weight is 539 g/mol. The van der Waals surface area contributed by atoms with E-state index in [1.165, 1.54) is 23.6 Å². The van der Waals surface area contributed by atoms with Crippen LogP contribution >= 0.6 is 11.3 Å². The van der Waals surface area contributed by atoms with Crippen LogP contribution in [0, 0.1) is 5.82 Å². The molecule has 4 amide bonds. The maximum atomic E-state index is 14.9. The van der Waals surface area contributed by atoms with E-state index in [1.54, 1.807) is 4.72 Å². The summed E-state index contributed by atoms with van der Waals surface area (Å²) in [7, 11) is -8.24. The van der Waals surface area contributed by atoms with Crippen molar-refractivity contribution in [3.05, 3.63) is 70.9 Å². The second kappa shape index (κ2) is 8.84. The number of amides is 4. The van der Waals surface area contributed by atoms with E-state index in [1.807, 2.05) is 0 Å². The number of urea groups is 1. The number of carbonyl (C=O) groups is 3. The van der Waals surface area contributed by atoms with Gasteiger partial charge in [0.05, 0.1) is 17.0 Å². The first-order valence-corrected chi connectivity index (χ1v) is 13.5. The number of thiophene rings is 1. The zero-order chi connectivity index (χ0) is 25.5. The molecule has 1 aliphatic rings. The van der Waals surface area contributed by atoms with Crippen LogP contribution < -0.4 is 20.1 Å². The quantitative estimate of drug-likeness (QED) is 0.415. The number of hydrogen-bond acceptors (Lipinski definition) is 8. The van der Waals surface area contributed by atoms with E-state index in [2.05, 4.69) is 5.32 Å². The molecule has 0 radical (unpaired) electrons. The number of primary sulfonamides is 1. The molecule has 2 aromatic carbocycles. The lowest BCUT2D eigenvalue weighted by molar-refractivity contribution is -0.117. The van der Waals surface area contributed by atoms with E-state index in [0.29, 0.717) is 4.90 Å². The minimum absolute atomic E-state index is 0.0952. The molecule has 0 atom stereocenters. The lowest BCUT2D eigenvalue weighted by Gasteiger charge is -2.27. The van der Waals surface area contributed by atoms with Crippen LogP contribution in [-0.2, 0) is 31.3 Å². The summed E-state index contributed by atoms with van der Waals surface area (Å²) in [6.07, 6.45) is -0.297. The van der Waals surface area contributed by atoms with Crippen LogP contribution in [0.2, 0.25) is 0 Å². The van der Waals surface area contributed by atoms with E-state index in [4.69, 9.17) is 5.14 Å². The third-order valence-electron chi connectivity index (χ3n) is 4.87. The van der Waals surface area contributed by atoms with E-state index < -0.39 is 49.4 Å². The topological polar surface area (TPSA) is 173 Å². The van der Waals surface area contributed by atoms with Crippen molar-refractivity contribution in [1.82, 2.24) is 4.72 Å². The van der Waals surface area contributed by atoms with Gasteiger partial charge in [0.25, 0.3) is 15.9 Å². The predicted molar refractivity (Wildman–Crippen MR) is 123 cm³/mol. The van der Waals surface area contributed by atoms with Crippen LogP contribution in [0.5, 0.6) is 0 Å². The normalized spacial score (nSPS) is 13.9. The van der Waals surface area contributed by atoms with Crippen molar-refractivity contribution in [2.45, 2.75) is 15.5 Å². The highest BCUT2D eigenvalue weighted by Gasteiger charge is 2.34. The van der Waals surface area contributed by atoms with Crippen LogP contribution in [0.1, 0.15) is 15.9 Å². The van der Waals surface area contributed by atoms with Gasteiger partial charge in [0.15, 0.2) is 0 Å². The van der Waals surface area contributed by atoms with E-state index >= 15 is 0 Å². The number of fused-ring (bicyclic) bond motifs is 1. The zero-order valence-electron chi connectivity index (χ0n) is 17.4. The Labute approximate surface area is 202 Å². The van der Waals surface area contributed by atoms with Crippen molar-refractivity contribution in [3.63, 3.8) is 0 Å². The fourth-order valence-electron chi connectivity index (χ4n) is 3.32. The second-order valence-electron chi connectivity index (χ2n) is 7.23. The first-order valence-electron chi connectivity index (χ1n) is 9.57. The van der Waals surface area contributed by atoms with Gasteiger partial charge in [0.1, 0.15) is 10.0 Å². The summed E-state index contributed by atoms with van der Waals surface area (Å²) in [5, 5.41) is 8.77. The Morgan fingerprint density at radius 1 is 1.06 bits per heavy atom. The van der Waals surface area contributed by atoms with Gasteiger partial charge in [0, 0.05) is 11.3 Å². The average Bonchev–Trinajstić information content (AvgIpc) is 3.30. The molecule has 0 saturated heterocycles. The van der Waals surface area contributed by atoms with E-state index in [0.717, 1.165) is 41.7 Å². The number of sulfonamides is 2. The molecule has 1 aliphatic heterocycles. The molecule has 11 nitrogen and oxygen atoms in total. The van der Waals surface area contributed by atoms with Crippen molar-refractivity contribution < 1.29 is 35.6 Å². The molecular formula is C20H15FN4O7S3. The van der Waals surface area contributed by atoms with Crippen molar-refractivity contribution in [2.24, 2.45) is 5.14 Å². The zero-order valence-corrected chi connectivity index (χ0v) is 19.8. The third-order valence-corrected chi connectivity index (χ3v) is 8.51. The standard InChI is InChI=1S/C20H15FN4O7S3/c21-15-9-12(23-20(28)24-35(31,32)18-2-1-7-33-18)4-6-16(15)25-17(26)8-11-3-5-13(34(22,29)30)10-14(11)19(25)27/h1-7,9-10H,8H2,(H2,22,29,30)(H2,23,24,28). The molecule has 35 heavy (non-hydrogen) atoms. The Balaban J connectivity index is 1.57. The van der Waals surface area contributed by atoms with Crippen LogP contribution in [-0.4, -0.2) is 34.7 Å². The fourth-order valence-corrected chi connectivity index (χ4v) is 5.76. The van der Waals surface area contributed by atoms with Gasteiger partial charge in [-0.3, -0.25) is 9.59 Å². The highest BCUT2D eigenvalue weighted by atomic mass is 32.2. The molecule has 2 heterocycles. The van der Waals surface area contributed by atoms with Gasteiger partial charge in [-0.2, -0.15) is 0 Å². The molecule has 0 fully saturated rings. The van der Waals surface area contributed by atoms with Gasteiger partial charge < -0.3 is 5.32 Å². The number of hydrogen-bond donors (Lipinski definition) is 3. The minimum Gasteiger partial charge on any atom is -0.307 e. The Morgan fingerprint density at radius 2 is 1.80 bits per heavy atom. The SMILES string of the molecule is NS(=O)(=O)c1ccc2c(c1)C(=O)N(c1ccc(NC(=O)NS(=O)(=O)c3cccs3)cc1F)C(=O)C2. The molecule has 182 valence electrons. The molecule has 0 spiro atoms. The second-order valence-corrected chi connectivity index (χ2v) is 11.7. The molecule has 3 aromatic rings. The number of carbonyl (C=O) groups excluding carboxylic acids is 3. The van der Waals surface area contributed by atoms with Crippen LogP contribution in [0.4, 0.5) is 20.6 Å². The predicted octanol–water partition coefficient (Wildman–Crippen LogP) is 1.77. The molecule has 1 aromatic heterocycles. The Hall–Kier alpha value is -3.66. The molecule has 0 bridgehead atoms. The summed E-state index contributed by atoms with van der Waals surface area (Å²) in [4.78, 5) is 37.8. The molecule has 15 heteroatoms. The molecule has 0 saturated carbocycles. The summed E-state index contributed by atoms with van der Waals surface area (Å²) < 4.78 is 64.1. The Morgan fingerprint density at radius 3 is 2.43 bits per heavy atom. The highest BCUT2D eigenvalue weighted by Crippen LogP contribution is 2.30. The van der Waals surface area contributed by atoms with Crippen LogP contribution in [0.25, 0.3) is 0 Å². The monoisotopic (exact) mass is 538 g/mol.